The summed E-state index contributed by atoms with van der Waals surface area (Å²) < 4.78 is 0. The highest BCUT2D eigenvalue weighted by atomic mass is 35.5. The third kappa shape index (κ3) is 2.77. The summed E-state index contributed by atoms with van der Waals surface area (Å²) in [6, 6.07) is 12.0. The molecule has 0 aliphatic rings. The molecule has 1 unspecified atom stereocenters. The first-order chi connectivity index (χ1) is 8.18. The summed E-state index contributed by atoms with van der Waals surface area (Å²) >= 11 is 6.15. The van der Waals surface area contributed by atoms with E-state index >= 15 is 0 Å². The fourth-order valence-corrected chi connectivity index (χ4v) is 1.89. The molecule has 0 spiro atoms. The van der Waals surface area contributed by atoms with Crippen molar-refractivity contribution in [2.24, 2.45) is 0 Å². The van der Waals surface area contributed by atoms with Gasteiger partial charge >= 0.3 is 0 Å². The minimum atomic E-state index is -0.0253. The van der Waals surface area contributed by atoms with Crippen molar-refractivity contribution < 1.29 is 0 Å². The number of pyridine rings is 1. The molecule has 17 heavy (non-hydrogen) atoms. The second-order valence-corrected chi connectivity index (χ2v) is 4.65. The van der Waals surface area contributed by atoms with E-state index in [9.17, 15) is 0 Å². The highest BCUT2D eigenvalue weighted by molar-refractivity contribution is 6.21. The molecule has 1 N–H and O–H groups in total. The van der Waals surface area contributed by atoms with Gasteiger partial charge in [0.1, 0.15) is 5.82 Å². The summed E-state index contributed by atoms with van der Waals surface area (Å²) in [6.07, 6.45) is 1.78. The average molecular weight is 247 g/mol. The average Bonchev–Trinajstić information content (AvgIpc) is 2.32. The van der Waals surface area contributed by atoms with E-state index in [1.807, 2.05) is 50.2 Å². The molecule has 1 aromatic heterocycles. The van der Waals surface area contributed by atoms with Crippen LogP contribution in [0.3, 0.4) is 0 Å². The van der Waals surface area contributed by atoms with Gasteiger partial charge in [0.2, 0.25) is 0 Å². The van der Waals surface area contributed by atoms with Crippen molar-refractivity contribution in [3.8, 4) is 0 Å². The molecule has 0 bridgehead atoms. The van der Waals surface area contributed by atoms with Crippen LogP contribution >= 0.6 is 11.6 Å². The number of halogens is 1. The molecule has 0 radical (unpaired) electrons. The van der Waals surface area contributed by atoms with Crippen LogP contribution in [0.5, 0.6) is 0 Å². The Bertz CT molecular complexity index is 509. The number of hydrogen-bond donors (Lipinski definition) is 1. The second kappa shape index (κ2) is 5.19. The zero-order valence-electron chi connectivity index (χ0n) is 9.94. The van der Waals surface area contributed by atoms with E-state index in [1.54, 1.807) is 6.20 Å². The summed E-state index contributed by atoms with van der Waals surface area (Å²) in [5, 5.41) is 3.30. The normalized spacial score (nSPS) is 12.2. The Hall–Kier alpha value is -1.54. The lowest BCUT2D eigenvalue weighted by Gasteiger charge is -2.14. The van der Waals surface area contributed by atoms with Gasteiger partial charge in [-0.05, 0) is 37.1 Å². The maximum Gasteiger partial charge on any atom is 0.133 e. The molecule has 1 aromatic carbocycles. The number of rotatable bonds is 3. The van der Waals surface area contributed by atoms with Gasteiger partial charge in [0.05, 0.1) is 5.38 Å². The Balaban J connectivity index is 2.34. The highest BCUT2D eigenvalue weighted by Gasteiger charge is 2.08. The molecule has 0 saturated carbocycles. The Morgan fingerprint density at radius 2 is 1.94 bits per heavy atom. The molecule has 0 aliphatic carbocycles. The van der Waals surface area contributed by atoms with Crippen molar-refractivity contribution in [1.82, 2.24) is 4.98 Å². The maximum absolute atomic E-state index is 6.15. The summed E-state index contributed by atoms with van der Waals surface area (Å²) in [5.41, 5.74) is 3.21. The van der Waals surface area contributed by atoms with Gasteiger partial charge in [-0.1, -0.05) is 24.3 Å². The van der Waals surface area contributed by atoms with Crippen molar-refractivity contribution >= 4 is 23.1 Å². The van der Waals surface area contributed by atoms with Crippen LogP contribution < -0.4 is 5.32 Å². The van der Waals surface area contributed by atoms with Gasteiger partial charge in [-0.25, -0.2) is 4.98 Å². The van der Waals surface area contributed by atoms with Crippen molar-refractivity contribution in [2.75, 3.05) is 5.32 Å². The third-order valence-electron chi connectivity index (χ3n) is 2.65. The largest absolute Gasteiger partial charge is 0.340 e. The number of anilines is 2. The minimum absolute atomic E-state index is 0.0253. The van der Waals surface area contributed by atoms with Gasteiger partial charge in [0.15, 0.2) is 0 Å². The van der Waals surface area contributed by atoms with Gasteiger partial charge in [0.25, 0.3) is 0 Å². The molecule has 0 amide bonds. The molecule has 2 aromatic rings. The molecule has 1 heterocycles. The van der Waals surface area contributed by atoms with Crippen LogP contribution in [0.25, 0.3) is 0 Å². The molecule has 2 rings (SSSR count). The van der Waals surface area contributed by atoms with Crippen molar-refractivity contribution in [3.63, 3.8) is 0 Å². The van der Waals surface area contributed by atoms with Gasteiger partial charge in [-0.2, -0.15) is 0 Å². The molecule has 3 heteroatoms. The Morgan fingerprint density at radius 3 is 2.65 bits per heavy atom. The number of alkyl halides is 1. The lowest BCUT2D eigenvalue weighted by atomic mass is 10.1. The fourth-order valence-electron chi connectivity index (χ4n) is 1.70. The van der Waals surface area contributed by atoms with E-state index in [-0.39, 0.29) is 5.38 Å². The van der Waals surface area contributed by atoms with Gasteiger partial charge < -0.3 is 5.32 Å². The summed E-state index contributed by atoms with van der Waals surface area (Å²) in [5.74, 6) is 0.872. The van der Waals surface area contributed by atoms with Crippen LogP contribution in [0, 0.1) is 6.92 Å². The predicted octanol–water partition coefficient (Wildman–Crippen LogP) is 4.43. The Labute approximate surface area is 107 Å². The molecule has 2 nitrogen and oxygen atoms in total. The maximum atomic E-state index is 6.15. The van der Waals surface area contributed by atoms with Crippen LogP contribution in [0.1, 0.15) is 23.4 Å². The predicted molar refractivity (Wildman–Crippen MR) is 73.0 cm³/mol. The zero-order valence-corrected chi connectivity index (χ0v) is 10.7. The van der Waals surface area contributed by atoms with Crippen LogP contribution in [-0.2, 0) is 0 Å². The first-order valence-electron chi connectivity index (χ1n) is 5.60. The van der Waals surface area contributed by atoms with Gasteiger partial charge in [0, 0.05) is 11.9 Å². The van der Waals surface area contributed by atoms with Crippen LogP contribution in [-0.4, -0.2) is 4.98 Å². The number of aryl methyl sites for hydroxylation is 1. The number of para-hydroxylation sites is 1. The molecular formula is C14H15ClN2. The molecule has 88 valence electrons. The monoisotopic (exact) mass is 246 g/mol. The van der Waals surface area contributed by atoms with Crippen LogP contribution in [0.4, 0.5) is 11.5 Å². The van der Waals surface area contributed by atoms with Gasteiger partial charge in [-0.15, -0.1) is 11.6 Å². The Kier molecular flexibility index (Phi) is 3.64. The second-order valence-electron chi connectivity index (χ2n) is 4.00. The van der Waals surface area contributed by atoms with E-state index in [0.717, 1.165) is 22.6 Å². The topological polar surface area (TPSA) is 24.9 Å². The molecular weight excluding hydrogens is 232 g/mol. The van der Waals surface area contributed by atoms with E-state index in [1.165, 1.54) is 0 Å². The highest BCUT2D eigenvalue weighted by Crippen LogP contribution is 2.29. The standard InChI is InChI=1S/C14H15ClN2/c1-10-6-5-9-16-14(10)17-13-8-4-3-7-12(13)11(2)15/h3-9,11H,1-2H3,(H,16,17). The quantitative estimate of drug-likeness (QED) is 0.811. The fraction of sp³-hybridized carbons (Fsp3) is 0.214. The summed E-state index contributed by atoms with van der Waals surface area (Å²) in [4.78, 5) is 4.32. The molecule has 1 atom stereocenters. The minimum Gasteiger partial charge on any atom is -0.340 e. The lowest BCUT2D eigenvalue weighted by Crippen LogP contribution is -1.99. The van der Waals surface area contributed by atoms with E-state index in [0.29, 0.717) is 0 Å². The zero-order chi connectivity index (χ0) is 12.3. The smallest absolute Gasteiger partial charge is 0.133 e. The summed E-state index contributed by atoms with van der Waals surface area (Å²) in [7, 11) is 0. The number of benzene rings is 1. The number of nitrogens with zero attached hydrogens (tertiary/aromatic N) is 1. The van der Waals surface area contributed by atoms with Crippen molar-refractivity contribution in [2.45, 2.75) is 19.2 Å². The van der Waals surface area contributed by atoms with Crippen LogP contribution in [0.15, 0.2) is 42.6 Å². The SMILES string of the molecule is Cc1cccnc1Nc1ccccc1C(C)Cl. The molecule has 0 aliphatic heterocycles. The van der Waals surface area contributed by atoms with Crippen molar-refractivity contribution in [1.29, 1.82) is 0 Å². The number of aromatic nitrogens is 1. The van der Waals surface area contributed by atoms with E-state index < -0.39 is 0 Å². The first kappa shape index (κ1) is 11.9. The summed E-state index contributed by atoms with van der Waals surface area (Å²) in [6.45, 7) is 4.00. The molecule has 0 fully saturated rings. The number of hydrogen-bond acceptors (Lipinski definition) is 2. The van der Waals surface area contributed by atoms with E-state index in [2.05, 4.69) is 10.3 Å². The Morgan fingerprint density at radius 1 is 1.18 bits per heavy atom. The van der Waals surface area contributed by atoms with Crippen molar-refractivity contribution in [3.05, 3.63) is 53.7 Å². The number of nitrogens with one attached hydrogen (secondary N) is 1. The molecule has 0 saturated heterocycles. The van der Waals surface area contributed by atoms with Gasteiger partial charge in [-0.3, -0.25) is 0 Å². The van der Waals surface area contributed by atoms with E-state index in [4.69, 9.17) is 11.6 Å². The van der Waals surface area contributed by atoms with Crippen LogP contribution in [0.2, 0.25) is 0 Å². The first-order valence-corrected chi connectivity index (χ1v) is 6.04. The lowest BCUT2D eigenvalue weighted by molar-refractivity contribution is 1.08. The third-order valence-corrected chi connectivity index (χ3v) is 2.89.